The monoisotopic (exact) mass is 171 g/mol. The van der Waals surface area contributed by atoms with Gasteiger partial charge in [0.05, 0.1) is 0 Å². The van der Waals surface area contributed by atoms with Crippen molar-refractivity contribution in [2.45, 2.75) is 53.5 Å². The average molecular weight is 171 g/mol. The minimum Gasteiger partial charge on any atom is -0.314 e. The quantitative estimate of drug-likeness (QED) is 0.647. The number of nitrogens with one attached hydrogen (secondary N) is 1. The van der Waals surface area contributed by atoms with Gasteiger partial charge in [-0.25, -0.2) is 0 Å². The predicted molar refractivity (Wildman–Crippen MR) is 56.4 cm³/mol. The Labute approximate surface area is 77.9 Å². The van der Waals surface area contributed by atoms with Gasteiger partial charge in [-0.05, 0) is 38.1 Å². The second kappa shape index (κ2) is 6.47. The summed E-state index contributed by atoms with van der Waals surface area (Å²) in [6.07, 6.45) is 2.57. The van der Waals surface area contributed by atoms with Crippen molar-refractivity contribution in [1.29, 1.82) is 0 Å². The molecule has 0 fully saturated rings. The third-order valence-electron chi connectivity index (χ3n) is 2.41. The second-order valence-corrected chi connectivity index (χ2v) is 4.35. The number of hydrogen-bond acceptors (Lipinski definition) is 1. The lowest BCUT2D eigenvalue weighted by Gasteiger charge is -2.22. The molecule has 0 rings (SSSR count). The molecule has 0 aromatic rings. The Hall–Kier alpha value is -0.0400. The lowest BCUT2D eigenvalue weighted by Crippen LogP contribution is -2.33. The Balaban J connectivity index is 3.53. The molecule has 0 aliphatic carbocycles. The normalized spacial score (nSPS) is 16.5. The van der Waals surface area contributed by atoms with Crippen LogP contribution >= 0.6 is 0 Å². The van der Waals surface area contributed by atoms with Crippen LogP contribution in [0.4, 0.5) is 0 Å². The first-order valence-corrected chi connectivity index (χ1v) is 5.31. The summed E-state index contributed by atoms with van der Waals surface area (Å²) in [5.74, 6) is 1.63. The zero-order valence-electron chi connectivity index (χ0n) is 9.35. The lowest BCUT2D eigenvalue weighted by atomic mass is 9.93. The van der Waals surface area contributed by atoms with Crippen LogP contribution in [0, 0.1) is 11.8 Å². The van der Waals surface area contributed by atoms with E-state index in [9.17, 15) is 0 Å². The molecule has 0 amide bonds. The molecule has 2 unspecified atom stereocenters. The topological polar surface area (TPSA) is 12.0 Å². The van der Waals surface area contributed by atoms with E-state index in [0.29, 0.717) is 6.04 Å². The molecule has 1 N–H and O–H groups in total. The molecule has 0 aliphatic heterocycles. The number of hydrogen-bond donors (Lipinski definition) is 1. The maximum atomic E-state index is 3.54. The molecule has 12 heavy (non-hydrogen) atoms. The van der Waals surface area contributed by atoms with Gasteiger partial charge in [-0.3, -0.25) is 0 Å². The second-order valence-electron chi connectivity index (χ2n) is 4.35. The van der Waals surface area contributed by atoms with Gasteiger partial charge in [-0.2, -0.15) is 0 Å². The van der Waals surface area contributed by atoms with E-state index >= 15 is 0 Å². The Morgan fingerprint density at radius 1 is 1.08 bits per heavy atom. The maximum absolute atomic E-state index is 3.54. The molecule has 0 saturated carbocycles. The number of rotatable bonds is 6. The van der Waals surface area contributed by atoms with Crippen LogP contribution in [-0.2, 0) is 0 Å². The van der Waals surface area contributed by atoms with Gasteiger partial charge in [0.2, 0.25) is 0 Å². The summed E-state index contributed by atoms with van der Waals surface area (Å²) in [5, 5.41) is 3.54. The molecule has 1 nitrogen and oxygen atoms in total. The van der Waals surface area contributed by atoms with Crippen LogP contribution in [0.3, 0.4) is 0 Å². The molecule has 0 aromatic carbocycles. The smallest absolute Gasteiger partial charge is 0.00644 e. The Kier molecular flexibility index (Phi) is 6.45. The lowest BCUT2D eigenvalue weighted by molar-refractivity contribution is 0.340. The molecular formula is C11H25N. The summed E-state index contributed by atoms with van der Waals surface area (Å²) in [6.45, 7) is 12.6. The van der Waals surface area contributed by atoms with Gasteiger partial charge >= 0.3 is 0 Å². The van der Waals surface area contributed by atoms with Crippen LogP contribution < -0.4 is 5.32 Å². The van der Waals surface area contributed by atoms with Crippen LogP contribution in [0.15, 0.2) is 0 Å². The Morgan fingerprint density at radius 2 is 1.67 bits per heavy atom. The standard InChI is InChI=1S/C11H25N/c1-6-7-12-11(5)10(4)8-9(2)3/h9-12H,6-8H2,1-5H3. The summed E-state index contributed by atoms with van der Waals surface area (Å²) in [4.78, 5) is 0. The summed E-state index contributed by atoms with van der Waals surface area (Å²) in [5.41, 5.74) is 0. The minimum absolute atomic E-state index is 0.673. The van der Waals surface area contributed by atoms with Crippen LogP contribution in [0.1, 0.15) is 47.5 Å². The fourth-order valence-corrected chi connectivity index (χ4v) is 1.52. The van der Waals surface area contributed by atoms with E-state index < -0.39 is 0 Å². The molecule has 0 heterocycles. The average Bonchev–Trinajstić information content (AvgIpc) is 1.98. The van der Waals surface area contributed by atoms with Crippen molar-refractivity contribution < 1.29 is 0 Å². The highest BCUT2D eigenvalue weighted by Crippen LogP contribution is 2.14. The van der Waals surface area contributed by atoms with Crippen molar-refractivity contribution in [2.24, 2.45) is 11.8 Å². The van der Waals surface area contributed by atoms with Crippen LogP contribution in [-0.4, -0.2) is 12.6 Å². The maximum Gasteiger partial charge on any atom is 0.00644 e. The molecule has 0 bridgehead atoms. The van der Waals surface area contributed by atoms with Crippen LogP contribution in [0.2, 0.25) is 0 Å². The van der Waals surface area contributed by atoms with Gasteiger partial charge in [0.25, 0.3) is 0 Å². The van der Waals surface area contributed by atoms with E-state index in [1.807, 2.05) is 0 Å². The van der Waals surface area contributed by atoms with Gasteiger partial charge < -0.3 is 5.32 Å². The molecule has 74 valence electrons. The molecule has 0 saturated heterocycles. The fourth-order valence-electron chi connectivity index (χ4n) is 1.52. The van der Waals surface area contributed by atoms with Gasteiger partial charge in [-0.15, -0.1) is 0 Å². The predicted octanol–water partition coefficient (Wildman–Crippen LogP) is 3.06. The van der Waals surface area contributed by atoms with Crippen LogP contribution in [0.5, 0.6) is 0 Å². The van der Waals surface area contributed by atoms with E-state index in [-0.39, 0.29) is 0 Å². The summed E-state index contributed by atoms with van der Waals surface area (Å²) in [7, 11) is 0. The van der Waals surface area contributed by atoms with Crippen molar-refractivity contribution in [1.82, 2.24) is 5.32 Å². The van der Waals surface area contributed by atoms with Crippen molar-refractivity contribution in [3.63, 3.8) is 0 Å². The summed E-state index contributed by atoms with van der Waals surface area (Å²) < 4.78 is 0. The van der Waals surface area contributed by atoms with E-state index in [4.69, 9.17) is 0 Å². The Bertz CT molecular complexity index is 99.2. The molecule has 0 aliphatic rings. The minimum atomic E-state index is 0.673. The van der Waals surface area contributed by atoms with E-state index in [1.54, 1.807) is 0 Å². The highest BCUT2D eigenvalue weighted by atomic mass is 14.9. The van der Waals surface area contributed by atoms with Gasteiger partial charge in [0.15, 0.2) is 0 Å². The van der Waals surface area contributed by atoms with E-state index in [1.165, 1.54) is 12.8 Å². The first-order valence-electron chi connectivity index (χ1n) is 5.31. The SMILES string of the molecule is CCCNC(C)C(C)CC(C)C. The van der Waals surface area contributed by atoms with Crippen molar-refractivity contribution >= 4 is 0 Å². The third kappa shape index (κ3) is 5.59. The van der Waals surface area contributed by atoms with Gasteiger partial charge in [0, 0.05) is 6.04 Å². The first kappa shape index (κ1) is 12.0. The summed E-state index contributed by atoms with van der Waals surface area (Å²) >= 11 is 0. The van der Waals surface area contributed by atoms with Crippen molar-refractivity contribution in [2.75, 3.05) is 6.54 Å². The largest absolute Gasteiger partial charge is 0.314 e. The molecule has 0 spiro atoms. The Morgan fingerprint density at radius 3 is 2.08 bits per heavy atom. The molecule has 1 heteroatoms. The zero-order valence-corrected chi connectivity index (χ0v) is 9.35. The molecular weight excluding hydrogens is 146 g/mol. The highest BCUT2D eigenvalue weighted by molar-refractivity contribution is 4.69. The third-order valence-corrected chi connectivity index (χ3v) is 2.41. The first-order chi connectivity index (χ1) is 5.57. The summed E-state index contributed by atoms with van der Waals surface area (Å²) in [6, 6.07) is 0.673. The molecule has 0 aromatic heterocycles. The molecule has 0 radical (unpaired) electrons. The van der Waals surface area contributed by atoms with Gasteiger partial charge in [0.1, 0.15) is 0 Å². The van der Waals surface area contributed by atoms with Gasteiger partial charge in [-0.1, -0.05) is 27.7 Å². The van der Waals surface area contributed by atoms with Crippen LogP contribution in [0.25, 0.3) is 0 Å². The van der Waals surface area contributed by atoms with E-state index in [2.05, 4.69) is 39.9 Å². The fraction of sp³-hybridized carbons (Fsp3) is 1.00. The van der Waals surface area contributed by atoms with Crippen molar-refractivity contribution in [3.8, 4) is 0 Å². The zero-order chi connectivity index (χ0) is 9.56. The van der Waals surface area contributed by atoms with E-state index in [0.717, 1.165) is 18.4 Å². The van der Waals surface area contributed by atoms with Crippen molar-refractivity contribution in [3.05, 3.63) is 0 Å². The molecule has 2 atom stereocenters. The highest BCUT2D eigenvalue weighted by Gasteiger charge is 2.11.